The molecule has 3 rings (SSSR count). The van der Waals surface area contributed by atoms with Gasteiger partial charge in [-0.1, -0.05) is 0 Å². The van der Waals surface area contributed by atoms with Gasteiger partial charge in [-0.25, -0.2) is 0 Å². The topological polar surface area (TPSA) is 45.3 Å². The SMILES string of the molecule is C[C@H]1CN(CC(F)(F)F)c2cc3c(C(F)(F)F)cc(=O)[nH]c3cc2O1. The molecule has 136 valence electrons. The summed E-state index contributed by atoms with van der Waals surface area (Å²) in [7, 11) is 0. The molecule has 25 heavy (non-hydrogen) atoms. The molecule has 2 aromatic rings. The molecule has 0 radical (unpaired) electrons. The van der Waals surface area contributed by atoms with E-state index in [2.05, 4.69) is 4.98 Å². The monoisotopic (exact) mass is 366 g/mol. The number of fused-ring (bicyclic) bond motifs is 2. The van der Waals surface area contributed by atoms with E-state index in [9.17, 15) is 31.1 Å². The molecule has 1 aromatic heterocycles. The molecular formula is C15H12F6N2O2. The maximum Gasteiger partial charge on any atom is 0.417 e. The summed E-state index contributed by atoms with van der Waals surface area (Å²) in [5.74, 6) is -0.00882. The number of ether oxygens (including phenoxy) is 1. The predicted octanol–water partition coefficient (Wildman–Crippen LogP) is 3.70. The first-order chi connectivity index (χ1) is 11.4. The summed E-state index contributed by atoms with van der Waals surface area (Å²) in [6, 6.07) is 2.48. The minimum Gasteiger partial charge on any atom is -0.487 e. The third kappa shape index (κ3) is 3.52. The van der Waals surface area contributed by atoms with Crippen molar-refractivity contribution < 1.29 is 31.1 Å². The maximum absolute atomic E-state index is 13.2. The van der Waals surface area contributed by atoms with Gasteiger partial charge in [0.2, 0.25) is 5.56 Å². The van der Waals surface area contributed by atoms with Gasteiger partial charge in [-0.2, -0.15) is 26.3 Å². The molecule has 1 aromatic carbocycles. The van der Waals surface area contributed by atoms with Crippen LogP contribution in [0.3, 0.4) is 0 Å². The molecule has 1 aliphatic heterocycles. The molecule has 0 saturated carbocycles. The van der Waals surface area contributed by atoms with E-state index in [0.717, 1.165) is 17.0 Å². The second-order valence-electron chi connectivity index (χ2n) is 5.83. The fourth-order valence-electron chi connectivity index (χ4n) is 2.88. The molecule has 0 fully saturated rings. The molecule has 10 heteroatoms. The van der Waals surface area contributed by atoms with E-state index in [-0.39, 0.29) is 23.5 Å². The molecule has 0 saturated heterocycles. The lowest BCUT2D eigenvalue weighted by Gasteiger charge is -2.35. The largest absolute Gasteiger partial charge is 0.487 e. The average Bonchev–Trinajstić information content (AvgIpc) is 2.41. The Bertz CT molecular complexity index is 871. The number of H-pyrrole nitrogens is 1. The number of nitrogens with one attached hydrogen (secondary N) is 1. The van der Waals surface area contributed by atoms with Gasteiger partial charge in [0.1, 0.15) is 18.4 Å². The first-order valence-electron chi connectivity index (χ1n) is 7.21. The lowest BCUT2D eigenvalue weighted by molar-refractivity contribution is -0.136. The molecule has 4 nitrogen and oxygen atoms in total. The van der Waals surface area contributed by atoms with Crippen molar-refractivity contribution in [2.75, 3.05) is 18.0 Å². The minimum atomic E-state index is -4.82. The van der Waals surface area contributed by atoms with Gasteiger partial charge in [0.15, 0.2) is 0 Å². The summed E-state index contributed by atoms with van der Waals surface area (Å²) in [6.45, 7) is 0.109. The highest BCUT2D eigenvalue weighted by atomic mass is 19.4. The van der Waals surface area contributed by atoms with Crippen molar-refractivity contribution in [3.63, 3.8) is 0 Å². The number of rotatable bonds is 1. The zero-order valence-corrected chi connectivity index (χ0v) is 12.8. The summed E-state index contributed by atoms with van der Waals surface area (Å²) in [6.07, 6.45) is -9.94. The van der Waals surface area contributed by atoms with E-state index >= 15 is 0 Å². The van der Waals surface area contributed by atoms with Gasteiger partial charge in [0.25, 0.3) is 0 Å². The second kappa shape index (κ2) is 5.57. The number of nitrogens with zero attached hydrogens (tertiary/aromatic N) is 1. The zero-order chi connectivity index (χ0) is 18.6. The van der Waals surface area contributed by atoms with Crippen molar-refractivity contribution in [2.24, 2.45) is 0 Å². The Labute approximate surface area is 137 Å². The standard InChI is InChI=1S/C15H12F6N2O2/c1-7-5-23(6-14(16,17)18)11-2-8-9(15(19,20)21)3-13(24)22-10(8)4-12(11)25-7/h2-4,7H,5-6H2,1H3,(H,22,24)/t7-/m0/s1. The van der Waals surface area contributed by atoms with Crippen LogP contribution in [0, 0.1) is 0 Å². The van der Waals surface area contributed by atoms with Crippen molar-refractivity contribution in [3.05, 3.63) is 34.1 Å². The van der Waals surface area contributed by atoms with Crippen LogP contribution in [0.1, 0.15) is 12.5 Å². The van der Waals surface area contributed by atoms with Crippen molar-refractivity contribution in [2.45, 2.75) is 25.4 Å². The molecule has 1 aliphatic rings. The third-order valence-corrected chi connectivity index (χ3v) is 3.74. The fourth-order valence-corrected chi connectivity index (χ4v) is 2.88. The molecule has 0 amide bonds. The third-order valence-electron chi connectivity index (χ3n) is 3.74. The van der Waals surface area contributed by atoms with Crippen molar-refractivity contribution in [3.8, 4) is 5.75 Å². The highest BCUT2D eigenvalue weighted by molar-refractivity contribution is 5.89. The first-order valence-corrected chi connectivity index (χ1v) is 7.21. The minimum absolute atomic E-state index is 0.00882. The fraction of sp³-hybridized carbons (Fsp3) is 0.400. The number of halogens is 6. The smallest absolute Gasteiger partial charge is 0.417 e. The summed E-state index contributed by atoms with van der Waals surface area (Å²) in [5, 5.41) is -0.392. The summed E-state index contributed by atoms with van der Waals surface area (Å²) in [4.78, 5) is 14.7. The Hall–Kier alpha value is -2.39. The Kier molecular flexibility index (Phi) is 3.88. The van der Waals surface area contributed by atoms with Gasteiger partial charge < -0.3 is 14.6 Å². The molecule has 2 heterocycles. The number of benzene rings is 1. The van der Waals surface area contributed by atoms with E-state index in [1.54, 1.807) is 6.92 Å². The van der Waals surface area contributed by atoms with Crippen LogP contribution in [0.25, 0.3) is 10.9 Å². The van der Waals surface area contributed by atoms with Crippen LogP contribution in [0.4, 0.5) is 32.0 Å². The highest BCUT2D eigenvalue weighted by Gasteiger charge is 2.37. The lowest BCUT2D eigenvalue weighted by atomic mass is 10.1. The number of hydrogen-bond acceptors (Lipinski definition) is 3. The van der Waals surface area contributed by atoms with Gasteiger partial charge in [0, 0.05) is 17.5 Å². The highest BCUT2D eigenvalue weighted by Crippen LogP contribution is 2.41. The Morgan fingerprint density at radius 3 is 2.48 bits per heavy atom. The van der Waals surface area contributed by atoms with Gasteiger partial charge in [0.05, 0.1) is 23.3 Å². The van der Waals surface area contributed by atoms with Gasteiger partial charge in [-0.3, -0.25) is 4.79 Å². The molecule has 1 N–H and O–H groups in total. The maximum atomic E-state index is 13.2. The second-order valence-corrected chi connectivity index (χ2v) is 5.83. The molecule has 0 bridgehead atoms. The summed E-state index contributed by atoms with van der Waals surface area (Å²) in [5.41, 5.74) is -2.42. The number of aromatic amines is 1. The number of alkyl halides is 6. The molecule has 0 spiro atoms. The molecular weight excluding hydrogens is 354 g/mol. The number of aromatic nitrogens is 1. The van der Waals surface area contributed by atoms with E-state index < -0.39 is 41.5 Å². The molecule has 0 unspecified atom stereocenters. The van der Waals surface area contributed by atoms with Crippen LogP contribution in [-0.2, 0) is 6.18 Å². The Balaban J connectivity index is 2.23. The van der Waals surface area contributed by atoms with Gasteiger partial charge >= 0.3 is 12.4 Å². The van der Waals surface area contributed by atoms with E-state index in [4.69, 9.17) is 4.74 Å². The van der Waals surface area contributed by atoms with Crippen LogP contribution < -0.4 is 15.2 Å². The number of pyridine rings is 1. The quantitative estimate of drug-likeness (QED) is 0.783. The number of hydrogen-bond donors (Lipinski definition) is 1. The van der Waals surface area contributed by atoms with E-state index in [0.29, 0.717) is 6.07 Å². The van der Waals surface area contributed by atoms with Crippen LogP contribution in [0.5, 0.6) is 5.75 Å². The van der Waals surface area contributed by atoms with E-state index in [1.807, 2.05) is 0 Å². The number of anilines is 1. The van der Waals surface area contributed by atoms with Crippen LogP contribution in [0.2, 0.25) is 0 Å². The van der Waals surface area contributed by atoms with Crippen molar-refractivity contribution >= 4 is 16.6 Å². The molecule has 0 aliphatic carbocycles. The van der Waals surface area contributed by atoms with Gasteiger partial charge in [-0.05, 0) is 13.0 Å². The normalized spacial score (nSPS) is 18.2. The first kappa shape index (κ1) is 17.4. The average molecular weight is 366 g/mol. The lowest BCUT2D eigenvalue weighted by Crippen LogP contribution is -2.43. The van der Waals surface area contributed by atoms with Crippen LogP contribution >= 0.6 is 0 Å². The summed E-state index contributed by atoms with van der Waals surface area (Å²) < 4.78 is 83.3. The van der Waals surface area contributed by atoms with Crippen molar-refractivity contribution in [1.29, 1.82) is 0 Å². The summed E-state index contributed by atoms with van der Waals surface area (Å²) >= 11 is 0. The zero-order valence-electron chi connectivity index (χ0n) is 12.8. The van der Waals surface area contributed by atoms with Gasteiger partial charge in [-0.15, -0.1) is 0 Å². The van der Waals surface area contributed by atoms with E-state index in [1.165, 1.54) is 0 Å². The van der Waals surface area contributed by atoms with Crippen molar-refractivity contribution in [1.82, 2.24) is 4.98 Å². The molecule has 1 atom stereocenters. The van der Waals surface area contributed by atoms with Crippen LogP contribution in [-0.4, -0.2) is 30.4 Å². The predicted molar refractivity (Wildman–Crippen MR) is 77.9 cm³/mol. The Morgan fingerprint density at radius 2 is 1.88 bits per heavy atom. The Morgan fingerprint density at radius 1 is 1.20 bits per heavy atom. The van der Waals surface area contributed by atoms with Crippen LogP contribution in [0.15, 0.2) is 23.0 Å².